The van der Waals surface area contributed by atoms with E-state index in [2.05, 4.69) is 57.2 Å². The highest BCUT2D eigenvalue weighted by molar-refractivity contribution is 5.66. The molecule has 0 unspecified atom stereocenters. The SMILES string of the molecule is CC(C)(C)c1cccc(-c2ccc(N)cc2)c1. The lowest BCUT2D eigenvalue weighted by Gasteiger charge is -2.19. The maximum absolute atomic E-state index is 5.70. The molecule has 0 heterocycles. The Morgan fingerprint density at radius 3 is 2.06 bits per heavy atom. The molecule has 0 fully saturated rings. The Balaban J connectivity index is 2.43. The lowest BCUT2D eigenvalue weighted by molar-refractivity contribution is 0.590. The Labute approximate surface area is 103 Å². The van der Waals surface area contributed by atoms with E-state index in [0.717, 1.165) is 5.69 Å². The van der Waals surface area contributed by atoms with Crippen molar-refractivity contribution in [3.05, 3.63) is 54.1 Å². The predicted molar refractivity (Wildman–Crippen MR) is 75.0 cm³/mol. The summed E-state index contributed by atoms with van der Waals surface area (Å²) in [5, 5.41) is 0. The van der Waals surface area contributed by atoms with Crippen LogP contribution in [0.1, 0.15) is 26.3 Å². The van der Waals surface area contributed by atoms with Gasteiger partial charge in [0.15, 0.2) is 0 Å². The molecule has 2 aromatic carbocycles. The normalized spacial score (nSPS) is 11.5. The van der Waals surface area contributed by atoms with Crippen molar-refractivity contribution in [2.75, 3.05) is 5.73 Å². The average molecular weight is 225 g/mol. The first-order chi connectivity index (χ1) is 7.97. The summed E-state index contributed by atoms with van der Waals surface area (Å²) in [7, 11) is 0. The van der Waals surface area contributed by atoms with Crippen LogP contribution < -0.4 is 5.73 Å². The van der Waals surface area contributed by atoms with Crippen LogP contribution in [0.3, 0.4) is 0 Å². The van der Waals surface area contributed by atoms with Gasteiger partial charge in [0.05, 0.1) is 0 Å². The number of rotatable bonds is 1. The van der Waals surface area contributed by atoms with Crippen LogP contribution in [0.2, 0.25) is 0 Å². The summed E-state index contributed by atoms with van der Waals surface area (Å²) in [6, 6.07) is 16.7. The first kappa shape index (κ1) is 11.7. The number of nitrogens with two attached hydrogens (primary N) is 1. The second kappa shape index (κ2) is 4.25. The first-order valence-electron chi connectivity index (χ1n) is 5.93. The van der Waals surface area contributed by atoms with Crippen molar-refractivity contribution in [3.8, 4) is 11.1 Å². The van der Waals surface area contributed by atoms with Crippen molar-refractivity contribution in [3.63, 3.8) is 0 Å². The molecule has 0 atom stereocenters. The standard InChI is InChI=1S/C16H19N/c1-16(2,3)14-6-4-5-13(11-14)12-7-9-15(17)10-8-12/h4-11H,17H2,1-3H3. The van der Waals surface area contributed by atoms with E-state index in [1.807, 2.05) is 12.1 Å². The number of benzene rings is 2. The van der Waals surface area contributed by atoms with Crippen molar-refractivity contribution in [2.24, 2.45) is 0 Å². The molecule has 2 aromatic rings. The molecule has 0 saturated carbocycles. The van der Waals surface area contributed by atoms with E-state index in [-0.39, 0.29) is 5.41 Å². The molecule has 0 amide bonds. The largest absolute Gasteiger partial charge is 0.399 e. The van der Waals surface area contributed by atoms with Gasteiger partial charge in [-0.1, -0.05) is 57.2 Å². The zero-order valence-electron chi connectivity index (χ0n) is 10.7. The molecule has 1 heteroatoms. The maximum Gasteiger partial charge on any atom is 0.0314 e. The molecule has 0 spiro atoms. The van der Waals surface area contributed by atoms with Crippen molar-refractivity contribution in [2.45, 2.75) is 26.2 Å². The van der Waals surface area contributed by atoms with Gasteiger partial charge in [-0.2, -0.15) is 0 Å². The molecule has 0 aliphatic rings. The molecule has 0 bridgehead atoms. The number of anilines is 1. The van der Waals surface area contributed by atoms with Crippen LogP contribution in [-0.4, -0.2) is 0 Å². The minimum Gasteiger partial charge on any atom is -0.399 e. The molecule has 17 heavy (non-hydrogen) atoms. The van der Waals surface area contributed by atoms with Crippen LogP contribution in [0.25, 0.3) is 11.1 Å². The summed E-state index contributed by atoms with van der Waals surface area (Å²) in [5.41, 5.74) is 10.5. The lowest BCUT2D eigenvalue weighted by Crippen LogP contribution is -2.10. The summed E-state index contributed by atoms with van der Waals surface area (Å²) < 4.78 is 0. The molecule has 1 nitrogen and oxygen atoms in total. The van der Waals surface area contributed by atoms with Gasteiger partial charge in [0.25, 0.3) is 0 Å². The maximum atomic E-state index is 5.70. The lowest BCUT2D eigenvalue weighted by atomic mass is 9.85. The Kier molecular flexibility index (Phi) is 2.93. The van der Waals surface area contributed by atoms with Gasteiger partial charge in [-0.25, -0.2) is 0 Å². The quantitative estimate of drug-likeness (QED) is 0.722. The van der Waals surface area contributed by atoms with E-state index < -0.39 is 0 Å². The van der Waals surface area contributed by atoms with Crippen molar-refractivity contribution in [1.82, 2.24) is 0 Å². The zero-order chi connectivity index (χ0) is 12.5. The minimum atomic E-state index is 0.184. The fourth-order valence-corrected chi connectivity index (χ4v) is 1.84. The Bertz CT molecular complexity index is 504. The zero-order valence-corrected chi connectivity index (χ0v) is 10.7. The van der Waals surface area contributed by atoms with Gasteiger partial charge in [0, 0.05) is 5.69 Å². The fraction of sp³-hybridized carbons (Fsp3) is 0.250. The molecule has 2 rings (SSSR count). The molecule has 0 saturated heterocycles. The van der Waals surface area contributed by atoms with Crippen molar-refractivity contribution < 1.29 is 0 Å². The summed E-state index contributed by atoms with van der Waals surface area (Å²) in [6.07, 6.45) is 0. The van der Waals surface area contributed by atoms with E-state index >= 15 is 0 Å². The van der Waals surface area contributed by atoms with Gasteiger partial charge >= 0.3 is 0 Å². The smallest absolute Gasteiger partial charge is 0.0314 e. The summed E-state index contributed by atoms with van der Waals surface area (Å²) in [5.74, 6) is 0. The van der Waals surface area contributed by atoms with E-state index in [4.69, 9.17) is 5.73 Å². The van der Waals surface area contributed by atoms with E-state index in [1.54, 1.807) is 0 Å². The molecule has 0 aliphatic heterocycles. The van der Waals surface area contributed by atoms with Crippen molar-refractivity contribution in [1.29, 1.82) is 0 Å². The third kappa shape index (κ3) is 2.68. The summed E-state index contributed by atoms with van der Waals surface area (Å²) in [4.78, 5) is 0. The highest BCUT2D eigenvalue weighted by atomic mass is 14.5. The van der Waals surface area contributed by atoms with Gasteiger partial charge in [-0.05, 0) is 34.2 Å². The summed E-state index contributed by atoms with van der Waals surface area (Å²) >= 11 is 0. The third-order valence-electron chi connectivity index (χ3n) is 2.97. The van der Waals surface area contributed by atoms with Gasteiger partial charge in [-0.3, -0.25) is 0 Å². The summed E-state index contributed by atoms with van der Waals surface area (Å²) in [6.45, 7) is 6.69. The van der Waals surface area contributed by atoms with E-state index in [0.29, 0.717) is 0 Å². The fourth-order valence-electron chi connectivity index (χ4n) is 1.84. The Hall–Kier alpha value is -1.76. The van der Waals surface area contributed by atoms with Crippen LogP contribution in [0.4, 0.5) is 5.69 Å². The average Bonchev–Trinajstić information content (AvgIpc) is 2.29. The third-order valence-corrected chi connectivity index (χ3v) is 2.97. The van der Waals surface area contributed by atoms with Crippen LogP contribution in [0.5, 0.6) is 0 Å². The molecular formula is C16H19N. The highest BCUT2D eigenvalue weighted by Crippen LogP contribution is 2.27. The van der Waals surface area contributed by atoms with Crippen LogP contribution in [-0.2, 0) is 5.41 Å². The molecule has 2 N–H and O–H groups in total. The molecule has 0 aromatic heterocycles. The minimum absolute atomic E-state index is 0.184. The van der Waals surface area contributed by atoms with Gasteiger partial charge < -0.3 is 5.73 Å². The highest BCUT2D eigenvalue weighted by Gasteiger charge is 2.13. The van der Waals surface area contributed by atoms with Gasteiger partial charge in [-0.15, -0.1) is 0 Å². The first-order valence-corrected chi connectivity index (χ1v) is 5.93. The molecule has 0 aliphatic carbocycles. The van der Waals surface area contributed by atoms with Gasteiger partial charge in [0.1, 0.15) is 0 Å². The monoisotopic (exact) mass is 225 g/mol. The molecule has 88 valence electrons. The van der Waals surface area contributed by atoms with Gasteiger partial charge in [0.2, 0.25) is 0 Å². The number of hydrogen-bond donors (Lipinski definition) is 1. The Morgan fingerprint density at radius 2 is 1.47 bits per heavy atom. The second-order valence-electron chi connectivity index (χ2n) is 5.45. The molecular weight excluding hydrogens is 206 g/mol. The topological polar surface area (TPSA) is 26.0 Å². The van der Waals surface area contributed by atoms with E-state index in [9.17, 15) is 0 Å². The predicted octanol–water partition coefficient (Wildman–Crippen LogP) is 4.23. The number of nitrogen functional groups attached to an aromatic ring is 1. The van der Waals surface area contributed by atoms with Crippen molar-refractivity contribution >= 4 is 5.69 Å². The number of hydrogen-bond acceptors (Lipinski definition) is 1. The van der Waals surface area contributed by atoms with Crippen LogP contribution >= 0.6 is 0 Å². The van der Waals surface area contributed by atoms with E-state index in [1.165, 1.54) is 16.7 Å². The van der Waals surface area contributed by atoms with Crippen LogP contribution in [0.15, 0.2) is 48.5 Å². The Morgan fingerprint density at radius 1 is 0.824 bits per heavy atom. The van der Waals surface area contributed by atoms with Crippen LogP contribution in [0, 0.1) is 0 Å². The second-order valence-corrected chi connectivity index (χ2v) is 5.45. The molecule has 0 radical (unpaired) electrons.